The third kappa shape index (κ3) is 3.41. The molecule has 0 saturated carbocycles. The number of nitrogens with zero attached hydrogens (tertiary/aromatic N) is 2. The van der Waals surface area contributed by atoms with Gasteiger partial charge in [0.1, 0.15) is 5.69 Å². The second-order valence-corrected chi connectivity index (χ2v) is 4.44. The van der Waals surface area contributed by atoms with Crippen LogP contribution in [0.25, 0.3) is 0 Å². The number of benzene rings is 1. The van der Waals surface area contributed by atoms with E-state index in [2.05, 4.69) is 15.4 Å². The molecule has 0 aliphatic heterocycles. The summed E-state index contributed by atoms with van der Waals surface area (Å²) in [5.41, 5.74) is 4.47. The van der Waals surface area contributed by atoms with Crippen LogP contribution < -0.4 is 16.0 Å². The van der Waals surface area contributed by atoms with Crippen LogP contribution in [0.4, 0.5) is 0 Å². The third-order valence-corrected chi connectivity index (χ3v) is 2.98. The maximum Gasteiger partial charge on any atom is 0.237 e. The Balaban J connectivity index is 2.25. The summed E-state index contributed by atoms with van der Waals surface area (Å²) in [5.74, 6) is 6.07. The molecule has 100 valence electrons. The predicted molar refractivity (Wildman–Crippen MR) is 73.8 cm³/mol. The topological polar surface area (TPSA) is 73.1 Å². The smallest absolute Gasteiger partial charge is 0.237 e. The molecule has 5 nitrogen and oxygen atoms in total. The van der Waals surface area contributed by atoms with E-state index in [-0.39, 0.29) is 6.04 Å². The zero-order valence-corrected chi connectivity index (χ0v) is 11.3. The van der Waals surface area contributed by atoms with E-state index in [1.54, 1.807) is 19.5 Å². The van der Waals surface area contributed by atoms with Crippen molar-refractivity contribution in [3.63, 3.8) is 0 Å². The molecule has 1 aromatic heterocycles. The zero-order valence-electron chi connectivity index (χ0n) is 10.5. The Morgan fingerprint density at radius 3 is 2.84 bits per heavy atom. The van der Waals surface area contributed by atoms with Crippen LogP contribution in [0.3, 0.4) is 0 Å². The Morgan fingerprint density at radius 1 is 1.37 bits per heavy atom. The number of halogens is 1. The first-order valence-corrected chi connectivity index (χ1v) is 6.18. The lowest BCUT2D eigenvalue weighted by Gasteiger charge is -2.17. The van der Waals surface area contributed by atoms with Gasteiger partial charge in [0, 0.05) is 17.4 Å². The summed E-state index contributed by atoms with van der Waals surface area (Å²) in [5, 5.41) is 0.694. The number of hydrogen-bond acceptors (Lipinski definition) is 5. The summed E-state index contributed by atoms with van der Waals surface area (Å²) < 4.78 is 5.19. The molecule has 0 radical (unpaired) electrons. The van der Waals surface area contributed by atoms with Crippen LogP contribution in [0.2, 0.25) is 5.02 Å². The Labute approximate surface area is 116 Å². The van der Waals surface area contributed by atoms with Gasteiger partial charge >= 0.3 is 0 Å². The maximum atomic E-state index is 5.97. The summed E-state index contributed by atoms with van der Waals surface area (Å²) >= 11 is 5.97. The first kappa shape index (κ1) is 13.7. The molecule has 0 saturated heterocycles. The molecular formula is C13H15ClN4O. The molecule has 0 spiro atoms. The molecule has 2 rings (SSSR count). The first-order chi connectivity index (χ1) is 9.24. The van der Waals surface area contributed by atoms with E-state index in [0.29, 0.717) is 23.0 Å². The van der Waals surface area contributed by atoms with Crippen LogP contribution in [-0.2, 0) is 6.42 Å². The minimum absolute atomic E-state index is 0.192. The van der Waals surface area contributed by atoms with E-state index in [1.165, 1.54) is 0 Å². The minimum Gasteiger partial charge on any atom is -0.480 e. The summed E-state index contributed by atoms with van der Waals surface area (Å²) in [7, 11) is 1.56. The van der Waals surface area contributed by atoms with Crippen molar-refractivity contribution < 1.29 is 4.74 Å². The number of nitrogens with two attached hydrogens (primary N) is 1. The van der Waals surface area contributed by atoms with Crippen LogP contribution in [0.15, 0.2) is 36.7 Å². The lowest BCUT2D eigenvalue weighted by molar-refractivity contribution is 0.377. The SMILES string of the molecule is COc1nccnc1C(Cc1cccc(Cl)c1)NN. The lowest BCUT2D eigenvalue weighted by Crippen LogP contribution is -2.30. The summed E-state index contributed by atoms with van der Waals surface area (Å²) in [6.45, 7) is 0. The van der Waals surface area contributed by atoms with Gasteiger partial charge in [0.05, 0.1) is 13.2 Å². The molecule has 1 unspecified atom stereocenters. The highest BCUT2D eigenvalue weighted by atomic mass is 35.5. The van der Waals surface area contributed by atoms with Gasteiger partial charge in [-0.25, -0.2) is 4.98 Å². The molecule has 0 amide bonds. The number of rotatable bonds is 5. The highest BCUT2D eigenvalue weighted by Crippen LogP contribution is 2.23. The van der Waals surface area contributed by atoms with Crippen LogP contribution in [0.1, 0.15) is 17.3 Å². The monoisotopic (exact) mass is 278 g/mol. The van der Waals surface area contributed by atoms with Crippen molar-refractivity contribution in [1.29, 1.82) is 0 Å². The van der Waals surface area contributed by atoms with Gasteiger partial charge in [-0.05, 0) is 24.1 Å². The number of nitrogens with one attached hydrogen (secondary N) is 1. The predicted octanol–water partition coefficient (Wildman–Crippen LogP) is 1.89. The van der Waals surface area contributed by atoms with Crippen LogP contribution in [0, 0.1) is 0 Å². The summed E-state index contributed by atoms with van der Waals surface area (Å²) in [4.78, 5) is 8.40. The second kappa shape index (κ2) is 6.47. The van der Waals surface area contributed by atoms with Crippen molar-refractivity contribution in [2.75, 3.05) is 7.11 Å². The Bertz CT molecular complexity index is 550. The van der Waals surface area contributed by atoms with Gasteiger partial charge < -0.3 is 4.74 Å². The molecule has 1 atom stereocenters. The molecular weight excluding hydrogens is 264 g/mol. The van der Waals surface area contributed by atoms with E-state index in [4.69, 9.17) is 22.2 Å². The highest BCUT2D eigenvalue weighted by Gasteiger charge is 2.17. The van der Waals surface area contributed by atoms with Gasteiger partial charge in [-0.15, -0.1) is 0 Å². The number of hydrazine groups is 1. The lowest BCUT2D eigenvalue weighted by atomic mass is 10.0. The largest absolute Gasteiger partial charge is 0.480 e. The molecule has 0 aliphatic rings. The van der Waals surface area contributed by atoms with E-state index in [0.717, 1.165) is 5.56 Å². The number of hydrogen-bond donors (Lipinski definition) is 2. The maximum absolute atomic E-state index is 5.97. The Kier molecular flexibility index (Phi) is 4.68. The normalized spacial score (nSPS) is 12.2. The van der Waals surface area contributed by atoms with Gasteiger partial charge in [0.2, 0.25) is 5.88 Å². The standard InChI is InChI=1S/C13H15ClN4O/c1-19-13-12(16-5-6-17-13)11(18-15)8-9-3-2-4-10(14)7-9/h2-7,11,18H,8,15H2,1H3. The van der Waals surface area contributed by atoms with E-state index in [1.807, 2.05) is 24.3 Å². The first-order valence-electron chi connectivity index (χ1n) is 5.80. The molecule has 0 bridgehead atoms. The number of methoxy groups -OCH3 is 1. The van der Waals surface area contributed by atoms with Crippen LogP contribution in [0.5, 0.6) is 5.88 Å². The van der Waals surface area contributed by atoms with Crippen LogP contribution >= 0.6 is 11.6 Å². The minimum atomic E-state index is -0.192. The van der Waals surface area contributed by atoms with E-state index in [9.17, 15) is 0 Å². The zero-order chi connectivity index (χ0) is 13.7. The Morgan fingerprint density at radius 2 is 2.16 bits per heavy atom. The fourth-order valence-corrected chi connectivity index (χ4v) is 2.08. The molecule has 6 heteroatoms. The molecule has 19 heavy (non-hydrogen) atoms. The fraction of sp³-hybridized carbons (Fsp3) is 0.231. The van der Waals surface area contributed by atoms with Gasteiger partial charge in [0.25, 0.3) is 0 Å². The van der Waals surface area contributed by atoms with Gasteiger partial charge in [0.15, 0.2) is 0 Å². The fourth-order valence-electron chi connectivity index (χ4n) is 1.87. The average Bonchev–Trinajstić information content (AvgIpc) is 2.45. The molecule has 3 N–H and O–H groups in total. The summed E-state index contributed by atoms with van der Waals surface area (Å²) in [6.07, 6.45) is 3.83. The molecule has 2 aromatic rings. The quantitative estimate of drug-likeness (QED) is 0.645. The van der Waals surface area contributed by atoms with Gasteiger partial charge in [-0.3, -0.25) is 16.3 Å². The number of ether oxygens (including phenoxy) is 1. The second-order valence-electron chi connectivity index (χ2n) is 4.00. The molecule has 0 fully saturated rings. The van der Waals surface area contributed by atoms with E-state index < -0.39 is 0 Å². The summed E-state index contributed by atoms with van der Waals surface area (Å²) in [6, 6.07) is 7.42. The van der Waals surface area contributed by atoms with Crippen molar-refractivity contribution in [3.05, 3.63) is 52.9 Å². The van der Waals surface area contributed by atoms with Gasteiger partial charge in [-0.2, -0.15) is 0 Å². The molecule has 0 aliphatic carbocycles. The van der Waals surface area contributed by atoms with Crippen molar-refractivity contribution in [2.45, 2.75) is 12.5 Å². The van der Waals surface area contributed by atoms with Gasteiger partial charge in [-0.1, -0.05) is 23.7 Å². The van der Waals surface area contributed by atoms with Crippen molar-refractivity contribution in [1.82, 2.24) is 15.4 Å². The van der Waals surface area contributed by atoms with E-state index >= 15 is 0 Å². The highest BCUT2D eigenvalue weighted by molar-refractivity contribution is 6.30. The third-order valence-electron chi connectivity index (χ3n) is 2.74. The number of aromatic nitrogens is 2. The van der Waals surface area contributed by atoms with Crippen molar-refractivity contribution in [2.24, 2.45) is 5.84 Å². The average molecular weight is 279 g/mol. The van der Waals surface area contributed by atoms with Crippen molar-refractivity contribution >= 4 is 11.6 Å². The molecule has 1 heterocycles. The Hall–Kier alpha value is -1.69. The van der Waals surface area contributed by atoms with Crippen molar-refractivity contribution in [3.8, 4) is 5.88 Å². The molecule has 1 aromatic carbocycles. The van der Waals surface area contributed by atoms with Crippen LogP contribution in [-0.4, -0.2) is 17.1 Å².